The van der Waals surface area contributed by atoms with Gasteiger partial charge in [0.2, 0.25) is 5.91 Å². The molecule has 2 aromatic heterocycles. The van der Waals surface area contributed by atoms with Crippen LogP contribution < -0.4 is 20.7 Å². The number of hydrogen-bond acceptors (Lipinski definition) is 9. The Bertz CT molecular complexity index is 1350. The number of nitrogens with one attached hydrogen (secondary N) is 3. The summed E-state index contributed by atoms with van der Waals surface area (Å²) >= 11 is 0. The van der Waals surface area contributed by atoms with E-state index in [1.165, 1.54) is 26.6 Å². The van der Waals surface area contributed by atoms with Crippen molar-refractivity contribution in [3.05, 3.63) is 48.0 Å². The summed E-state index contributed by atoms with van der Waals surface area (Å²) in [6, 6.07) is 6.94. The molecule has 2 aliphatic rings. The summed E-state index contributed by atoms with van der Waals surface area (Å²) in [5, 5.41) is 16.5. The van der Waals surface area contributed by atoms with E-state index in [0.29, 0.717) is 28.4 Å². The van der Waals surface area contributed by atoms with Gasteiger partial charge in [0.25, 0.3) is 11.8 Å². The Kier molecular flexibility index (Phi) is 6.62. The zero-order valence-corrected chi connectivity index (χ0v) is 20.4. The maximum absolute atomic E-state index is 12.5. The van der Waals surface area contributed by atoms with E-state index in [1.54, 1.807) is 23.1 Å². The molecule has 0 unspecified atom stereocenters. The summed E-state index contributed by atoms with van der Waals surface area (Å²) in [6.07, 6.45) is 5.68. The number of likely N-dealkylation sites (tertiary alicyclic amines) is 1. The Morgan fingerprint density at radius 3 is 2.49 bits per heavy atom. The lowest BCUT2D eigenvalue weighted by molar-refractivity contribution is -0.117. The summed E-state index contributed by atoms with van der Waals surface area (Å²) in [5.41, 5.74) is 2.34. The average molecular weight is 503 g/mol. The first kappa shape index (κ1) is 24.1. The zero-order valence-electron chi connectivity index (χ0n) is 20.4. The van der Waals surface area contributed by atoms with Crippen molar-refractivity contribution in [3.8, 4) is 17.0 Å². The molecule has 37 heavy (non-hydrogen) atoms. The minimum Gasteiger partial charge on any atom is -0.494 e. The lowest BCUT2D eigenvalue weighted by Gasteiger charge is -2.30. The SMILES string of the molecule is CNC(=O)c1nnc(NC(=O)C2CC2)cc1Nc1cccc(-c2cnc(C(=O)N3CCC3)cn2)c1OC. The molecule has 1 aliphatic heterocycles. The van der Waals surface area contributed by atoms with Gasteiger partial charge in [0.1, 0.15) is 5.69 Å². The molecule has 1 aliphatic carbocycles. The summed E-state index contributed by atoms with van der Waals surface area (Å²) in [6.45, 7) is 1.47. The molecule has 3 amide bonds. The number of benzene rings is 1. The van der Waals surface area contributed by atoms with E-state index < -0.39 is 5.91 Å². The number of carbonyl (C=O) groups excluding carboxylic acids is 3. The van der Waals surface area contributed by atoms with E-state index in [2.05, 4.69) is 36.1 Å². The van der Waals surface area contributed by atoms with Crippen molar-refractivity contribution in [2.45, 2.75) is 19.3 Å². The van der Waals surface area contributed by atoms with Crippen LogP contribution in [0.1, 0.15) is 40.2 Å². The smallest absolute Gasteiger partial charge is 0.274 e. The monoisotopic (exact) mass is 502 g/mol. The van der Waals surface area contributed by atoms with Crippen LogP contribution in [0.15, 0.2) is 36.7 Å². The second-order valence-electron chi connectivity index (χ2n) is 8.78. The van der Waals surface area contributed by atoms with Gasteiger partial charge in [-0.25, -0.2) is 4.98 Å². The number of aromatic nitrogens is 4. The van der Waals surface area contributed by atoms with Crippen molar-refractivity contribution >= 4 is 34.9 Å². The number of methoxy groups -OCH3 is 1. The number of ether oxygens (including phenoxy) is 1. The predicted molar refractivity (Wildman–Crippen MR) is 135 cm³/mol. The molecule has 0 spiro atoms. The van der Waals surface area contributed by atoms with Gasteiger partial charge in [-0.15, -0.1) is 10.2 Å². The van der Waals surface area contributed by atoms with E-state index in [9.17, 15) is 14.4 Å². The Morgan fingerprint density at radius 1 is 1.05 bits per heavy atom. The molecule has 0 atom stereocenters. The highest BCUT2D eigenvalue weighted by molar-refractivity contribution is 6.00. The van der Waals surface area contributed by atoms with E-state index in [-0.39, 0.29) is 34.9 Å². The van der Waals surface area contributed by atoms with E-state index >= 15 is 0 Å². The van der Waals surface area contributed by atoms with Crippen LogP contribution >= 0.6 is 0 Å². The van der Waals surface area contributed by atoms with E-state index in [0.717, 1.165) is 32.4 Å². The molecule has 1 saturated carbocycles. The Labute approximate surface area is 212 Å². The first-order valence-electron chi connectivity index (χ1n) is 11.9. The third kappa shape index (κ3) is 5.03. The lowest BCUT2D eigenvalue weighted by atomic mass is 10.1. The second kappa shape index (κ2) is 10.2. The Morgan fingerprint density at radius 2 is 1.86 bits per heavy atom. The number of para-hydroxylation sites is 1. The number of amides is 3. The van der Waals surface area contributed by atoms with Crippen LogP contribution in [0.25, 0.3) is 11.3 Å². The average Bonchev–Trinajstić information content (AvgIpc) is 3.73. The highest BCUT2D eigenvalue weighted by Gasteiger charge is 2.30. The van der Waals surface area contributed by atoms with Crippen molar-refractivity contribution in [1.82, 2.24) is 30.4 Å². The molecule has 3 aromatic rings. The van der Waals surface area contributed by atoms with Gasteiger partial charge in [-0.1, -0.05) is 6.07 Å². The van der Waals surface area contributed by atoms with Gasteiger partial charge >= 0.3 is 0 Å². The van der Waals surface area contributed by atoms with E-state index in [4.69, 9.17) is 4.74 Å². The van der Waals surface area contributed by atoms with Gasteiger partial charge in [0.15, 0.2) is 17.3 Å². The molecule has 0 radical (unpaired) electrons. The molecule has 0 bridgehead atoms. The number of rotatable bonds is 8. The standard InChI is InChI=1S/C25H26N8O4/c1-26-24(35)21-17(11-20(31-32-21)30-23(34)14-7-8-14)29-16-6-3-5-15(22(16)37-2)18-12-28-19(13-27-18)25(36)33-9-4-10-33/h3,5-6,11-14H,4,7-10H2,1-2H3,(H,26,35)(H2,29,30,31,34). The van der Waals surface area contributed by atoms with Crippen molar-refractivity contribution in [1.29, 1.82) is 0 Å². The summed E-state index contributed by atoms with van der Waals surface area (Å²) in [7, 11) is 3.01. The molecule has 1 saturated heterocycles. The normalized spacial score (nSPS) is 14.4. The van der Waals surface area contributed by atoms with Gasteiger partial charge in [-0.2, -0.15) is 0 Å². The quantitative estimate of drug-likeness (QED) is 0.421. The maximum atomic E-state index is 12.5. The van der Waals surface area contributed by atoms with Crippen molar-refractivity contribution < 1.29 is 19.1 Å². The predicted octanol–water partition coefficient (Wildman–Crippen LogP) is 2.24. The van der Waals surface area contributed by atoms with Crippen LogP contribution in [0.2, 0.25) is 0 Å². The van der Waals surface area contributed by atoms with Crippen LogP contribution in [0.4, 0.5) is 17.2 Å². The fraction of sp³-hybridized carbons (Fsp3) is 0.320. The van der Waals surface area contributed by atoms with Crippen LogP contribution in [0, 0.1) is 5.92 Å². The topological polar surface area (TPSA) is 151 Å². The zero-order chi connectivity index (χ0) is 25.9. The highest BCUT2D eigenvalue weighted by atomic mass is 16.5. The second-order valence-corrected chi connectivity index (χ2v) is 8.78. The largest absolute Gasteiger partial charge is 0.494 e. The fourth-order valence-corrected chi connectivity index (χ4v) is 3.87. The Balaban J connectivity index is 1.45. The van der Waals surface area contributed by atoms with Gasteiger partial charge < -0.3 is 25.6 Å². The molecular weight excluding hydrogens is 476 g/mol. The molecule has 5 rings (SSSR count). The molecular formula is C25H26N8O4. The van der Waals surface area contributed by atoms with Crippen molar-refractivity contribution in [3.63, 3.8) is 0 Å². The molecule has 190 valence electrons. The van der Waals surface area contributed by atoms with Crippen molar-refractivity contribution in [2.24, 2.45) is 5.92 Å². The van der Waals surface area contributed by atoms with Crippen LogP contribution in [-0.2, 0) is 4.79 Å². The summed E-state index contributed by atoms with van der Waals surface area (Å²) < 4.78 is 5.69. The molecule has 3 N–H and O–H groups in total. The number of anilines is 3. The third-order valence-corrected chi connectivity index (χ3v) is 6.21. The number of hydrogen-bond donors (Lipinski definition) is 3. The third-order valence-electron chi connectivity index (χ3n) is 6.21. The first-order chi connectivity index (χ1) is 18.0. The van der Waals surface area contributed by atoms with Gasteiger partial charge in [0.05, 0.1) is 36.6 Å². The minimum atomic E-state index is -0.446. The summed E-state index contributed by atoms with van der Waals surface area (Å²) in [4.78, 5) is 47.6. The van der Waals surface area contributed by atoms with Gasteiger partial charge in [-0.3, -0.25) is 19.4 Å². The maximum Gasteiger partial charge on any atom is 0.274 e. The highest BCUT2D eigenvalue weighted by Crippen LogP contribution is 2.38. The molecule has 1 aromatic carbocycles. The fourth-order valence-electron chi connectivity index (χ4n) is 3.87. The van der Waals surface area contributed by atoms with Gasteiger partial charge in [0, 0.05) is 37.7 Å². The number of nitrogens with zero attached hydrogens (tertiary/aromatic N) is 5. The number of carbonyl (C=O) groups is 3. The first-order valence-corrected chi connectivity index (χ1v) is 11.9. The molecule has 2 fully saturated rings. The van der Waals surface area contributed by atoms with Crippen LogP contribution in [0.5, 0.6) is 5.75 Å². The molecule has 12 heteroatoms. The van der Waals surface area contributed by atoms with Crippen LogP contribution in [-0.4, -0.2) is 70.0 Å². The van der Waals surface area contributed by atoms with Gasteiger partial charge in [-0.05, 0) is 31.4 Å². The Hall–Kier alpha value is -4.61. The minimum absolute atomic E-state index is 0.0118. The van der Waals surface area contributed by atoms with E-state index in [1.807, 2.05) is 6.07 Å². The molecule has 12 nitrogen and oxygen atoms in total. The van der Waals surface area contributed by atoms with Crippen molar-refractivity contribution in [2.75, 3.05) is 37.9 Å². The molecule has 3 heterocycles. The van der Waals surface area contributed by atoms with Crippen LogP contribution in [0.3, 0.4) is 0 Å². The lowest BCUT2D eigenvalue weighted by Crippen LogP contribution is -2.42. The summed E-state index contributed by atoms with van der Waals surface area (Å²) in [5.74, 6) is -0.0375.